The average molecular weight is 304 g/mol. The monoisotopic (exact) mass is 303 g/mol. The van der Waals surface area contributed by atoms with E-state index in [0.29, 0.717) is 6.04 Å². The number of hydrogen-bond donors (Lipinski definition) is 1. The van der Waals surface area contributed by atoms with Gasteiger partial charge in [-0.15, -0.1) is 11.3 Å². The zero-order valence-electron chi connectivity index (χ0n) is 10.6. The first-order chi connectivity index (χ1) is 7.49. The van der Waals surface area contributed by atoms with Crippen LogP contribution in [0.25, 0.3) is 0 Å². The molecule has 1 aromatic rings. The Labute approximate surface area is 112 Å². The molecule has 1 heterocycles. The molecule has 0 fully saturated rings. The highest BCUT2D eigenvalue weighted by atomic mass is 79.9. The first kappa shape index (κ1) is 14.2. The molecule has 16 heavy (non-hydrogen) atoms. The Morgan fingerprint density at radius 3 is 2.38 bits per heavy atom. The Bertz CT molecular complexity index is 307. The van der Waals surface area contributed by atoms with Crippen LogP contribution >= 0.6 is 27.3 Å². The molecule has 1 nitrogen and oxygen atoms in total. The molecule has 0 radical (unpaired) electrons. The summed E-state index contributed by atoms with van der Waals surface area (Å²) in [4.78, 5) is 1.48. The largest absolute Gasteiger partial charge is 0.314 e. The van der Waals surface area contributed by atoms with E-state index < -0.39 is 0 Å². The van der Waals surface area contributed by atoms with Gasteiger partial charge in [0.15, 0.2) is 0 Å². The predicted molar refractivity (Wildman–Crippen MR) is 77.2 cm³/mol. The van der Waals surface area contributed by atoms with Crippen LogP contribution in [0.15, 0.2) is 15.9 Å². The van der Waals surface area contributed by atoms with Crippen molar-refractivity contribution in [2.24, 2.45) is 11.8 Å². The van der Waals surface area contributed by atoms with Crippen molar-refractivity contribution in [1.29, 1.82) is 0 Å². The van der Waals surface area contributed by atoms with Crippen molar-refractivity contribution < 1.29 is 0 Å². The molecule has 0 saturated heterocycles. The molecule has 1 aromatic heterocycles. The summed E-state index contributed by atoms with van der Waals surface area (Å²) in [6, 6.07) is 4.96. The molecule has 1 N–H and O–H groups in total. The molecule has 1 unspecified atom stereocenters. The molecular weight excluding hydrogens is 282 g/mol. The standard InChI is InChI=1S/C13H22BrNS/c1-9(2)11(8-15-10(3)4)7-12-5-6-13(14)16-12/h5-6,9-11,15H,7-8H2,1-4H3. The van der Waals surface area contributed by atoms with Gasteiger partial charge < -0.3 is 5.32 Å². The topological polar surface area (TPSA) is 12.0 Å². The molecule has 0 aliphatic carbocycles. The molecule has 1 atom stereocenters. The van der Waals surface area contributed by atoms with Gasteiger partial charge in [-0.3, -0.25) is 0 Å². The Morgan fingerprint density at radius 1 is 1.25 bits per heavy atom. The van der Waals surface area contributed by atoms with E-state index in [-0.39, 0.29) is 0 Å². The van der Waals surface area contributed by atoms with Crippen LogP contribution in [0.2, 0.25) is 0 Å². The van der Waals surface area contributed by atoms with Crippen molar-refractivity contribution in [3.8, 4) is 0 Å². The van der Waals surface area contributed by atoms with Gasteiger partial charge in [-0.1, -0.05) is 27.7 Å². The number of nitrogens with one attached hydrogen (secondary N) is 1. The molecule has 0 amide bonds. The lowest BCUT2D eigenvalue weighted by molar-refractivity contribution is 0.351. The fraction of sp³-hybridized carbons (Fsp3) is 0.692. The van der Waals surface area contributed by atoms with Crippen LogP contribution in [0.1, 0.15) is 32.6 Å². The molecule has 92 valence electrons. The van der Waals surface area contributed by atoms with Crippen molar-refractivity contribution in [2.45, 2.75) is 40.2 Å². The van der Waals surface area contributed by atoms with E-state index in [4.69, 9.17) is 0 Å². The van der Waals surface area contributed by atoms with E-state index in [1.165, 1.54) is 15.1 Å². The number of halogens is 1. The van der Waals surface area contributed by atoms with Crippen molar-refractivity contribution in [3.63, 3.8) is 0 Å². The lowest BCUT2D eigenvalue weighted by Gasteiger charge is -2.22. The molecule has 0 aliphatic rings. The zero-order valence-corrected chi connectivity index (χ0v) is 13.0. The predicted octanol–water partition coefficient (Wildman–Crippen LogP) is 4.32. The third-order valence-electron chi connectivity index (χ3n) is 2.82. The van der Waals surface area contributed by atoms with E-state index in [1.807, 2.05) is 11.3 Å². The molecule has 0 aliphatic heterocycles. The average Bonchev–Trinajstić information content (AvgIpc) is 2.57. The minimum absolute atomic E-state index is 0.580. The molecular formula is C13H22BrNS. The molecule has 0 aromatic carbocycles. The quantitative estimate of drug-likeness (QED) is 0.825. The summed E-state index contributed by atoms with van der Waals surface area (Å²) in [6.45, 7) is 10.2. The molecule has 1 rings (SSSR count). The van der Waals surface area contributed by atoms with Crippen molar-refractivity contribution in [2.75, 3.05) is 6.54 Å². The summed E-state index contributed by atoms with van der Waals surface area (Å²) >= 11 is 5.38. The Morgan fingerprint density at radius 2 is 1.94 bits per heavy atom. The van der Waals surface area contributed by atoms with E-state index in [9.17, 15) is 0 Å². The van der Waals surface area contributed by atoms with E-state index in [2.05, 4.69) is 61.1 Å². The highest BCUT2D eigenvalue weighted by Crippen LogP contribution is 2.26. The number of thiophene rings is 1. The van der Waals surface area contributed by atoms with Crippen LogP contribution in [0.3, 0.4) is 0 Å². The first-order valence-electron chi connectivity index (χ1n) is 5.96. The SMILES string of the molecule is CC(C)NCC(Cc1ccc(Br)s1)C(C)C. The summed E-state index contributed by atoms with van der Waals surface area (Å²) in [5, 5.41) is 3.55. The van der Waals surface area contributed by atoms with Gasteiger partial charge in [0, 0.05) is 10.9 Å². The van der Waals surface area contributed by atoms with Crippen molar-refractivity contribution in [3.05, 3.63) is 20.8 Å². The van der Waals surface area contributed by atoms with Gasteiger partial charge in [-0.05, 0) is 52.9 Å². The van der Waals surface area contributed by atoms with Gasteiger partial charge in [0.05, 0.1) is 3.79 Å². The third-order valence-corrected chi connectivity index (χ3v) is 4.47. The van der Waals surface area contributed by atoms with Gasteiger partial charge in [0.25, 0.3) is 0 Å². The second-order valence-electron chi connectivity index (χ2n) is 4.98. The normalized spacial score (nSPS) is 13.7. The van der Waals surface area contributed by atoms with Crippen LogP contribution in [-0.2, 0) is 6.42 Å². The highest BCUT2D eigenvalue weighted by molar-refractivity contribution is 9.11. The Kier molecular flexibility index (Phi) is 6.01. The summed E-state index contributed by atoms with van der Waals surface area (Å²) < 4.78 is 1.24. The molecule has 0 spiro atoms. The van der Waals surface area contributed by atoms with Gasteiger partial charge in [-0.2, -0.15) is 0 Å². The van der Waals surface area contributed by atoms with E-state index >= 15 is 0 Å². The fourth-order valence-corrected chi connectivity index (χ4v) is 3.23. The van der Waals surface area contributed by atoms with Crippen LogP contribution in [0.5, 0.6) is 0 Å². The van der Waals surface area contributed by atoms with E-state index in [0.717, 1.165) is 18.4 Å². The van der Waals surface area contributed by atoms with E-state index in [1.54, 1.807) is 0 Å². The van der Waals surface area contributed by atoms with Crippen LogP contribution in [-0.4, -0.2) is 12.6 Å². The fourth-order valence-electron chi connectivity index (χ4n) is 1.65. The van der Waals surface area contributed by atoms with Crippen LogP contribution < -0.4 is 5.32 Å². The Balaban J connectivity index is 2.51. The number of rotatable bonds is 6. The van der Waals surface area contributed by atoms with Gasteiger partial charge >= 0.3 is 0 Å². The maximum absolute atomic E-state index is 3.55. The Hall–Kier alpha value is 0.140. The molecule has 3 heteroatoms. The first-order valence-corrected chi connectivity index (χ1v) is 7.57. The minimum Gasteiger partial charge on any atom is -0.314 e. The van der Waals surface area contributed by atoms with Crippen LogP contribution in [0, 0.1) is 11.8 Å². The minimum atomic E-state index is 0.580. The maximum Gasteiger partial charge on any atom is 0.0701 e. The van der Waals surface area contributed by atoms with Crippen molar-refractivity contribution in [1.82, 2.24) is 5.32 Å². The lowest BCUT2D eigenvalue weighted by atomic mass is 9.91. The smallest absolute Gasteiger partial charge is 0.0701 e. The van der Waals surface area contributed by atoms with Crippen molar-refractivity contribution >= 4 is 27.3 Å². The van der Waals surface area contributed by atoms with Crippen LogP contribution in [0.4, 0.5) is 0 Å². The summed E-state index contributed by atoms with van der Waals surface area (Å²) in [5.41, 5.74) is 0. The van der Waals surface area contributed by atoms with Gasteiger partial charge in [-0.25, -0.2) is 0 Å². The third kappa shape index (κ3) is 4.98. The summed E-state index contributed by atoms with van der Waals surface area (Å²) in [7, 11) is 0. The second-order valence-corrected chi connectivity index (χ2v) is 7.52. The lowest BCUT2D eigenvalue weighted by Crippen LogP contribution is -2.32. The zero-order chi connectivity index (χ0) is 12.1. The summed E-state index contributed by atoms with van der Waals surface area (Å²) in [5.74, 6) is 1.46. The number of hydrogen-bond acceptors (Lipinski definition) is 2. The second kappa shape index (κ2) is 6.77. The summed E-state index contributed by atoms with van der Waals surface area (Å²) in [6.07, 6.45) is 1.19. The highest BCUT2D eigenvalue weighted by Gasteiger charge is 2.15. The van der Waals surface area contributed by atoms with Gasteiger partial charge in [0.1, 0.15) is 0 Å². The molecule has 0 saturated carbocycles. The van der Waals surface area contributed by atoms with Gasteiger partial charge in [0.2, 0.25) is 0 Å². The maximum atomic E-state index is 3.55. The molecule has 0 bridgehead atoms.